The normalized spacial score (nSPS) is 13.7. The predicted octanol–water partition coefficient (Wildman–Crippen LogP) is 4.93. The Kier molecular flexibility index (Phi) is 5.40. The molecule has 0 unspecified atom stereocenters. The third-order valence-electron chi connectivity index (χ3n) is 6.79. The molecule has 1 aromatic carbocycles. The van der Waals surface area contributed by atoms with Crippen LogP contribution in [0.2, 0.25) is 0 Å². The summed E-state index contributed by atoms with van der Waals surface area (Å²) in [5.41, 5.74) is 5.44. The molecule has 10 nitrogen and oxygen atoms in total. The molecule has 0 radical (unpaired) electrons. The summed E-state index contributed by atoms with van der Waals surface area (Å²) in [5.74, 6) is 4.34. The highest BCUT2D eigenvalue weighted by molar-refractivity contribution is 6.13. The lowest BCUT2D eigenvalue weighted by molar-refractivity contribution is 0.200. The maximum atomic E-state index is 5.82. The first-order chi connectivity index (χ1) is 17.5. The SMILES string of the molecule is COCCc1nc(Nc2cc(C3CC3)nn2C)c2c(n1)[nH]c1cc(-c3c(C)noc3C)c(OC)cc12. The number of anilines is 2. The molecule has 5 aromatic rings. The molecule has 1 aliphatic rings. The van der Waals surface area contributed by atoms with Crippen LogP contribution in [0.25, 0.3) is 33.1 Å². The smallest absolute Gasteiger partial charge is 0.145 e. The summed E-state index contributed by atoms with van der Waals surface area (Å²) in [7, 11) is 5.30. The van der Waals surface area contributed by atoms with Crippen molar-refractivity contribution in [2.75, 3.05) is 26.1 Å². The van der Waals surface area contributed by atoms with Gasteiger partial charge in [0.25, 0.3) is 0 Å². The number of aromatic nitrogens is 6. The number of methoxy groups -OCH3 is 2. The van der Waals surface area contributed by atoms with Gasteiger partial charge in [-0.1, -0.05) is 5.16 Å². The van der Waals surface area contributed by atoms with Crippen LogP contribution in [0.5, 0.6) is 5.75 Å². The molecule has 1 saturated carbocycles. The van der Waals surface area contributed by atoms with Gasteiger partial charge in [-0.15, -0.1) is 0 Å². The summed E-state index contributed by atoms with van der Waals surface area (Å²) < 4.78 is 18.4. The van der Waals surface area contributed by atoms with Crippen LogP contribution in [-0.4, -0.2) is 50.7 Å². The van der Waals surface area contributed by atoms with E-state index in [9.17, 15) is 0 Å². The highest BCUT2D eigenvalue weighted by Gasteiger charge is 2.27. The zero-order valence-corrected chi connectivity index (χ0v) is 21.1. The molecule has 0 spiro atoms. The molecule has 0 bridgehead atoms. The lowest BCUT2D eigenvalue weighted by Gasteiger charge is -2.11. The second kappa shape index (κ2) is 8.63. The minimum atomic E-state index is 0.534. The predicted molar refractivity (Wildman–Crippen MR) is 137 cm³/mol. The number of nitrogens with one attached hydrogen (secondary N) is 2. The molecule has 6 rings (SSSR count). The minimum absolute atomic E-state index is 0.534. The largest absolute Gasteiger partial charge is 0.496 e. The maximum Gasteiger partial charge on any atom is 0.145 e. The molecule has 0 atom stereocenters. The van der Waals surface area contributed by atoms with Gasteiger partial charge in [-0.05, 0) is 38.8 Å². The van der Waals surface area contributed by atoms with Gasteiger partial charge < -0.3 is 24.3 Å². The first-order valence-corrected chi connectivity index (χ1v) is 12.1. The Morgan fingerprint density at radius 2 is 2.00 bits per heavy atom. The van der Waals surface area contributed by atoms with Crippen molar-refractivity contribution in [2.45, 2.75) is 39.0 Å². The van der Waals surface area contributed by atoms with Crippen molar-refractivity contribution in [1.82, 2.24) is 29.9 Å². The van der Waals surface area contributed by atoms with Gasteiger partial charge in [0, 0.05) is 49.0 Å². The number of benzene rings is 1. The molecule has 4 aromatic heterocycles. The fourth-order valence-electron chi connectivity index (χ4n) is 4.80. The number of rotatable bonds is 8. The van der Waals surface area contributed by atoms with E-state index in [0.717, 1.165) is 67.6 Å². The van der Waals surface area contributed by atoms with Crippen molar-refractivity contribution in [3.8, 4) is 16.9 Å². The van der Waals surface area contributed by atoms with Gasteiger partial charge in [0.15, 0.2) is 0 Å². The molecule has 0 aliphatic heterocycles. The van der Waals surface area contributed by atoms with Crippen LogP contribution in [0.1, 0.15) is 41.7 Å². The van der Waals surface area contributed by atoms with Crippen molar-refractivity contribution >= 4 is 33.6 Å². The molecule has 1 fully saturated rings. The highest BCUT2D eigenvalue weighted by Crippen LogP contribution is 2.42. The van der Waals surface area contributed by atoms with Crippen LogP contribution in [-0.2, 0) is 18.2 Å². The second-order valence-electron chi connectivity index (χ2n) is 9.35. The summed E-state index contributed by atoms with van der Waals surface area (Å²) in [5, 5.41) is 14.2. The van der Waals surface area contributed by atoms with E-state index in [0.29, 0.717) is 24.8 Å². The van der Waals surface area contributed by atoms with E-state index >= 15 is 0 Å². The van der Waals surface area contributed by atoms with E-state index in [1.54, 1.807) is 14.2 Å². The number of aryl methyl sites for hydroxylation is 3. The number of H-pyrrole nitrogens is 1. The van der Waals surface area contributed by atoms with Crippen LogP contribution in [0, 0.1) is 13.8 Å². The first kappa shape index (κ1) is 22.5. The lowest BCUT2D eigenvalue weighted by Crippen LogP contribution is -2.06. The van der Waals surface area contributed by atoms with Crippen LogP contribution in [0.4, 0.5) is 11.6 Å². The second-order valence-corrected chi connectivity index (χ2v) is 9.35. The van der Waals surface area contributed by atoms with Crippen molar-refractivity contribution in [3.05, 3.63) is 41.2 Å². The van der Waals surface area contributed by atoms with Crippen LogP contribution in [0.15, 0.2) is 22.7 Å². The fourth-order valence-corrected chi connectivity index (χ4v) is 4.80. The van der Waals surface area contributed by atoms with Crippen molar-refractivity contribution in [2.24, 2.45) is 7.05 Å². The van der Waals surface area contributed by atoms with E-state index in [-0.39, 0.29) is 0 Å². The molecule has 4 heterocycles. The Labute approximate surface area is 208 Å². The monoisotopic (exact) mass is 487 g/mol. The fraction of sp³-hybridized carbons (Fsp3) is 0.385. The van der Waals surface area contributed by atoms with Crippen molar-refractivity contribution in [1.29, 1.82) is 0 Å². The van der Waals surface area contributed by atoms with E-state index in [1.165, 1.54) is 12.8 Å². The average Bonchev–Trinajstić information content (AvgIpc) is 3.45. The maximum absolute atomic E-state index is 5.82. The summed E-state index contributed by atoms with van der Waals surface area (Å²) in [6.07, 6.45) is 3.00. The van der Waals surface area contributed by atoms with Crippen molar-refractivity contribution < 1.29 is 14.0 Å². The number of hydrogen-bond acceptors (Lipinski definition) is 8. The minimum Gasteiger partial charge on any atom is -0.496 e. The molecule has 10 heteroatoms. The van der Waals surface area contributed by atoms with Gasteiger partial charge in [0.05, 0.1) is 36.1 Å². The first-order valence-electron chi connectivity index (χ1n) is 12.1. The van der Waals surface area contributed by atoms with Gasteiger partial charge in [-0.25, -0.2) is 9.97 Å². The number of fused-ring (bicyclic) bond motifs is 3. The molecule has 0 amide bonds. The van der Waals surface area contributed by atoms with E-state index < -0.39 is 0 Å². The van der Waals surface area contributed by atoms with Crippen LogP contribution in [0.3, 0.4) is 0 Å². The lowest BCUT2D eigenvalue weighted by atomic mass is 10.0. The third-order valence-corrected chi connectivity index (χ3v) is 6.79. The van der Waals surface area contributed by atoms with Crippen molar-refractivity contribution in [3.63, 3.8) is 0 Å². The van der Waals surface area contributed by atoms with E-state index in [2.05, 4.69) is 27.6 Å². The van der Waals surface area contributed by atoms with Gasteiger partial charge in [0.1, 0.15) is 34.6 Å². The Morgan fingerprint density at radius 3 is 2.69 bits per heavy atom. The van der Waals surface area contributed by atoms with Gasteiger partial charge in [-0.3, -0.25) is 4.68 Å². The Balaban J connectivity index is 1.54. The summed E-state index contributed by atoms with van der Waals surface area (Å²) in [6.45, 7) is 4.37. The number of ether oxygens (including phenoxy) is 2. The van der Waals surface area contributed by atoms with Crippen LogP contribution < -0.4 is 10.1 Å². The van der Waals surface area contributed by atoms with E-state index in [4.69, 9.17) is 29.1 Å². The zero-order valence-electron chi connectivity index (χ0n) is 21.1. The average molecular weight is 488 g/mol. The number of aromatic amines is 1. The summed E-state index contributed by atoms with van der Waals surface area (Å²) in [6, 6.07) is 6.21. The molecular weight excluding hydrogens is 458 g/mol. The zero-order chi connectivity index (χ0) is 25.0. The summed E-state index contributed by atoms with van der Waals surface area (Å²) >= 11 is 0. The van der Waals surface area contributed by atoms with Gasteiger partial charge in [-0.2, -0.15) is 5.10 Å². The molecule has 186 valence electrons. The number of hydrogen-bond donors (Lipinski definition) is 2. The Morgan fingerprint density at radius 1 is 1.17 bits per heavy atom. The molecule has 36 heavy (non-hydrogen) atoms. The number of nitrogens with zero attached hydrogens (tertiary/aromatic N) is 5. The highest BCUT2D eigenvalue weighted by atomic mass is 16.5. The molecular formula is C26H29N7O3. The van der Waals surface area contributed by atoms with Gasteiger partial charge >= 0.3 is 0 Å². The summed E-state index contributed by atoms with van der Waals surface area (Å²) in [4.78, 5) is 13.2. The van der Waals surface area contributed by atoms with E-state index in [1.807, 2.05) is 31.6 Å². The molecule has 1 aliphatic carbocycles. The Hall–Kier alpha value is -3.92. The molecule has 0 saturated heterocycles. The standard InChI is InChI=1S/C26H29N7O3/c1-13-23(14(2)36-32-13)17-10-19-16(11-20(17)35-5)24-25(27-19)28-21(8-9-34-4)29-26(24)30-22-12-18(15-6-7-15)31-33(22)3/h10-12,15H,6-9H2,1-5H3,(H2,27,28,29,30). The third kappa shape index (κ3) is 3.78. The van der Waals surface area contributed by atoms with Gasteiger partial charge in [0.2, 0.25) is 0 Å². The molecule has 2 N–H and O–H groups in total. The quantitative estimate of drug-likeness (QED) is 0.316. The Bertz CT molecular complexity index is 1570. The topological polar surface area (TPSA) is 116 Å². The van der Waals surface area contributed by atoms with Crippen LogP contribution >= 0.6 is 0 Å².